The molecule has 0 bridgehead atoms. The van der Waals surface area contributed by atoms with Crippen LogP contribution in [0.2, 0.25) is 0 Å². The van der Waals surface area contributed by atoms with E-state index < -0.39 is 18.4 Å². The maximum Gasteiger partial charge on any atom is 0.317 e. The molecule has 0 radical (unpaired) electrons. The Kier molecular flexibility index (Phi) is 12.1. The molecule has 13 heavy (non-hydrogen) atoms. The number of carbonyl (C=O) groups excluding carboxylic acids is 1. The summed E-state index contributed by atoms with van der Waals surface area (Å²) >= 11 is 0. The lowest BCUT2D eigenvalue weighted by Gasteiger charge is -1.98. The van der Waals surface area contributed by atoms with Gasteiger partial charge in [0.25, 0.3) is 0 Å². The lowest BCUT2D eigenvalue weighted by atomic mass is 10.4. The van der Waals surface area contributed by atoms with Crippen LogP contribution in [-0.4, -0.2) is 37.7 Å². The maximum absolute atomic E-state index is 10.4. The molecule has 0 aliphatic heterocycles. The summed E-state index contributed by atoms with van der Waals surface area (Å²) in [6.45, 7) is 2.14. The van der Waals surface area contributed by atoms with Crippen LogP contribution in [0.5, 0.6) is 0 Å². The second-order valence-corrected chi connectivity index (χ2v) is 2.29. The van der Waals surface area contributed by atoms with E-state index in [2.05, 4.69) is 10.1 Å². The molecule has 0 spiro atoms. The molecule has 0 aromatic rings. The Labute approximate surface area is 78.1 Å². The van der Waals surface area contributed by atoms with E-state index in [4.69, 9.17) is 5.11 Å². The summed E-state index contributed by atoms with van der Waals surface area (Å²) < 4.78 is 4.48. The average Bonchev–Trinajstić information content (AvgIpc) is 2.01. The van der Waals surface area contributed by atoms with E-state index in [9.17, 15) is 9.59 Å². The molecule has 5 heteroatoms. The summed E-state index contributed by atoms with van der Waals surface area (Å²) in [4.78, 5) is 20.3. The van der Waals surface area contributed by atoms with E-state index in [0.717, 1.165) is 0 Å². The van der Waals surface area contributed by atoms with Crippen LogP contribution in [-0.2, 0) is 14.3 Å². The summed E-state index contributed by atoms with van der Waals surface area (Å²) in [5.41, 5.74) is 0. The smallest absolute Gasteiger partial charge is 0.317 e. The van der Waals surface area contributed by atoms with Gasteiger partial charge in [-0.15, -0.1) is 0 Å². The molecule has 0 heterocycles. The molecular formula is C8H17NO4. The predicted octanol–water partition coefficient (Wildman–Crippen LogP) is 0.250. The van der Waals surface area contributed by atoms with Crippen molar-refractivity contribution in [1.82, 2.24) is 5.32 Å². The first kappa shape index (κ1) is 14.4. The second-order valence-electron chi connectivity index (χ2n) is 2.29. The van der Waals surface area contributed by atoms with Gasteiger partial charge in [0.1, 0.15) is 6.42 Å². The van der Waals surface area contributed by atoms with Crippen LogP contribution in [0.3, 0.4) is 0 Å². The number of nitrogens with one attached hydrogen (secondary N) is 1. The van der Waals surface area contributed by atoms with E-state index >= 15 is 0 Å². The molecule has 78 valence electrons. The van der Waals surface area contributed by atoms with Crippen LogP contribution in [0.1, 0.15) is 19.8 Å². The minimum Gasteiger partial charge on any atom is -0.481 e. The Morgan fingerprint density at radius 2 is 1.85 bits per heavy atom. The van der Waals surface area contributed by atoms with Crippen molar-refractivity contribution in [3.8, 4) is 0 Å². The Morgan fingerprint density at radius 1 is 1.38 bits per heavy atom. The minimum absolute atomic E-state index is 0.298. The molecule has 0 aliphatic rings. The Balaban J connectivity index is 0. The van der Waals surface area contributed by atoms with Gasteiger partial charge >= 0.3 is 11.9 Å². The predicted molar refractivity (Wildman–Crippen MR) is 48.5 cm³/mol. The van der Waals surface area contributed by atoms with Crippen molar-refractivity contribution in [3.63, 3.8) is 0 Å². The third-order valence-electron chi connectivity index (χ3n) is 0.763. The molecule has 0 saturated carbocycles. The van der Waals surface area contributed by atoms with Crippen LogP contribution in [0.4, 0.5) is 0 Å². The van der Waals surface area contributed by atoms with Crippen LogP contribution in [0.15, 0.2) is 0 Å². The Hall–Kier alpha value is -1.10. The highest BCUT2D eigenvalue weighted by atomic mass is 16.5. The van der Waals surface area contributed by atoms with Gasteiger partial charge in [-0.3, -0.25) is 9.59 Å². The number of hydrogen-bond donors (Lipinski definition) is 2. The van der Waals surface area contributed by atoms with Gasteiger partial charge in [0, 0.05) is 0 Å². The van der Waals surface area contributed by atoms with Gasteiger partial charge in [-0.05, 0) is 20.5 Å². The summed E-state index contributed by atoms with van der Waals surface area (Å²) in [5, 5.41) is 10.8. The fraction of sp³-hybridized carbons (Fsp3) is 0.750. The molecule has 2 N–H and O–H groups in total. The van der Waals surface area contributed by atoms with Crippen molar-refractivity contribution < 1.29 is 19.4 Å². The van der Waals surface area contributed by atoms with Crippen LogP contribution in [0, 0.1) is 0 Å². The monoisotopic (exact) mass is 191 g/mol. The van der Waals surface area contributed by atoms with E-state index in [-0.39, 0.29) is 0 Å². The largest absolute Gasteiger partial charge is 0.481 e. The van der Waals surface area contributed by atoms with Gasteiger partial charge in [-0.25, -0.2) is 0 Å². The number of esters is 1. The Bertz CT molecular complexity index is 147. The maximum atomic E-state index is 10.4. The van der Waals surface area contributed by atoms with E-state index in [1.807, 2.05) is 21.0 Å². The first-order valence-electron chi connectivity index (χ1n) is 4.04. The van der Waals surface area contributed by atoms with Crippen molar-refractivity contribution in [1.29, 1.82) is 0 Å². The van der Waals surface area contributed by atoms with Crippen LogP contribution < -0.4 is 5.32 Å². The number of aliphatic carboxylic acids is 1. The standard InChI is InChI=1S/C6H10O4.C2H7N/c1-2-3-10-6(9)4-5(7)8;1-3-2/h2-4H2,1H3,(H,7,8);3H,1-2H3. The lowest BCUT2D eigenvalue weighted by Crippen LogP contribution is -2.10. The van der Waals surface area contributed by atoms with E-state index in [1.165, 1.54) is 0 Å². The lowest BCUT2D eigenvalue weighted by molar-refractivity contribution is -0.151. The van der Waals surface area contributed by atoms with Gasteiger partial charge < -0.3 is 15.2 Å². The van der Waals surface area contributed by atoms with Crippen molar-refractivity contribution in [2.45, 2.75) is 19.8 Å². The molecule has 0 aromatic carbocycles. The van der Waals surface area contributed by atoms with Gasteiger partial charge in [-0.2, -0.15) is 0 Å². The highest BCUT2D eigenvalue weighted by Gasteiger charge is 2.06. The number of carbonyl (C=O) groups is 2. The van der Waals surface area contributed by atoms with Gasteiger partial charge in [0.05, 0.1) is 6.61 Å². The fourth-order valence-corrected chi connectivity index (χ4v) is 0.390. The second kappa shape index (κ2) is 10.9. The zero-order chi connectivity index (χ0) is 10.7. The number of carboxylic acids is 1. The Morgan fingerprint density at radius 3 is 2.15 bits per heavy atom. The summed E-state index contributed by atoms with van der Waals surface area (Å²) in [7, 11) is 3.75. The number of carboxylic acid groups (broad SMARTS) is 1. The fourth-order valence-electron chi connectivity index (χ4n) is 0.390. The van der Waals surface area contributed by atoms with Crippen molar-refractivity contribution in [2.75, 3.05) is 20.7 Å². The van der Waals surface area contributed by atoms with Gasteiger partial charge in [0.15, 0.2) is 0 Å². The zero-order valence-corrected chi connectivity index (χ0v) is 8.29. The number of rotatable bonds is 4. The highest BCUT2D eigenvalue weighted by molar-refractivity contribution is 5.90. The van der Waals surface area contributed by atoms with Gasteiger partial charge in [0.2, 0.25) is 0 Å². The van der Waals surface area contributed by atoms with Crippen LogP contribution >= 0.6 is 0 Å². The SMILES string of the molecule is CCCOC(=O)CC(=O)O.CNC. The third kappa shape index (κ3) is 18.1. The zero-order valence-electron chi connectivity index (χ0n) is 8.29. The van der Waals surface area contributed by atoms with Crippen molar-refractivity contribution in [3.05, 3.63) is 0 Å². The third-order valence-corrected chi connectivity index (χ3v) is 0.763. The van der Waals surface area contributed by atoms with E-state index in [1.54, 1.807) is 0 Å². The molecule has 0 saturated heterocycles. The number of hydrogen-bond acceptors (Lipinski definition) is 4. The molecule has 0 aliphatic carbocycles. The molecule has 0 aromatic heterocycles. The van der Waals surface area contributed by atoms with E-state index in [0.29, 0.717) is 13.0 Å². The first-order chi connectivity index (χ1) is 6.08. The average molecular weight is 191 g/mol. The molecular weight excluding hydrogens is 174 g/mol. The van der Waals surface area contributed by atoms with Crippen molar-refractivity contribution >= 4 is 11.9 Å². The molecule has 0 fully saturated rings. The molecule has 0 atom stereocenters. The molecule has 0 amide bonds. The van der Waals surface area contributed by atoms with Gasteiger partial charge in [-0.1, -0.05) is 6.92 Å². The summed E-state index contributed by atoms with van der Waals surface area (Å²) in [6.07, 6.45) is 0.172. The quantitative estimate of drug-likeness (QED) is 0.492. The number of ether oxygens (including phenoxy) is 1. The minimum atomic E-state index is -1.15. The molecule has 5 nitrogen and oxygen atoms in total. The topological polar surface area (TPSA) is 75.6 Å². The highest BCUT2D eigenvalue weighted by Crippen LogP contribution is 1.87. The van der Waals surface area contributed by atoms with Crippen LogP contribution in [0.25, 0.3) is 0 Å². The summed E-state index contributed by atoms with van der Waals surface area (Å²) in [5.74, 6) is -1.82. The van der Waals surface area contributed by atoms with Crippen molar-refractivity contribution in [2.24, 2.45) is 0 Å². The molecule has 0 unspecified atom stereocenters. The first-order valence-corrected chi connectivity index (χ1v) is 4.04. The summed E-state index contributed by atoms with van der Waals surface area (Å²) in [6, 6.07) is 0. The normalized spacial score (nSPS) is 8.23. The molecule has 0 rings (SSSR count).